The molecule has 0 aliphatic rings. The van der Waals surface area contributed by atoms with Crippen LogP contribution in [0.4, 0.5) is 17.1 Å². The van der Waals surface area contributed by atoms with Gasteiger partial charge in [-0.25, -0.2) is 0 Å². The number of phenolic OH excluding ortho intramolecular Hbond substituents is 3. The zero-order valence-corrected chi connectivity index (χ0v) is 21.0. The summed E-state index contributed by atoms with van der Waals surface area (Å²) in [6.45, 7) is 11.3. The number of aryl methyl sites for hydroxylation is 3. The van der Waals surface area contributed by atoms with E-state index in [1.807, 2.05) is 101 Å². The van der Waals surface area contributed by atoms with Crippen LogP contribution in [0, 0.1) is 41.5 Å². The summed E-state index contributed by atoms with van der Waals surface area (Å²) in [7, 11) is 0. The predicted molar refractivity (Wildman–Crippen MR) is 141 cm³/mol. The SMILES string of the molecule is Cc1ccc(O)c(Oc2ccccc2N(c2ccc(C)c(O)c2C)c2ccc(C)c(O)c2C)c1C. The van der Waals surface area contributed by atoms with Crippen LogP contribution in [0.15, 0.2) is 60.7 Å². The van der Waals surface area contributed by atoms with Crippen molar-refractivity contribution in [1.82, 2.24) is 0 Å². The van der Waals surface area contributed by atoms with Gasteiger partial charge in [-0.15, -0.1) is 0 Å². The minimum atomic E-state index is 0.0581. The van der Waals surface area contributed by atoms with Crippen LogP contribution in [0.5, 0.6) is 28.7 Å². The Kier molecular flexibility index (Phi) is 6.35. The summed E-state index contributed by atoms with van der Waals surface area (Å²) in [6.07, 6.45) is 0. The Balaban J connectivity index is 1.99. The molecule has 4 aromatic rings. The third-order valence-electron chi connectivity index (χ3n) is 6.66. The first-order chi connectivity index (χ1) is 16.6. The molecule has 4 rings (SSSR count). The number of ether oxygens (including phenoxy) is 1. The number of para-hydroxylation sites is 2. The number of aromatic hydroxyl groups is 3. The van der Waals surface area contributed by atoms with E-state index in [4.69, 9.17) is 4.74 Å². The van der Waals surface area contributed by atoms with Crippen LogP contribution in [0.1, 0.15) is 33.4 Å². The molecule has 5 nitrogen and oxygen atoms in total. The zero-order valence-electron chi connectivity index (χ0n) is 21.0. The number of hydrogen-bond acceptors (Lipinski definition) is 5. The molecule has 0 heterocycles. The van der Waals surface area contributed by atoms with Crippen LogP contribution >= 0.6 is 0 Å². The van der Waals surface area contributed by atoms with Gasteiger partial charge in [-0.05, 0) is 94.1 Å². The molecule has 0 spiro atoms. The molecule has 35 heavy (non-hydrogen) atoms. The summed E-state index contributed by atoms with van der Waals surface area (Å²) in [5.41, 5.74) is 7.01. The topological polar surface area (TPSA) is 73.2 Å². The average Bonchev–Trinajstić information content (AvgIpc) is 2.84. The lowest BCUT2D eigenvalue weighted by molar-refractivity contribution is 0.409. The Bertz CT molecular complexity index is 1370. The summed E-state index contributed by atoms with van der Waals surface area (Å²) in [6, 6.07) is 18.7. The Labute approximate surface area is 206 Å². The zero-order chi connectivity index (χ0) is 25.4. The lowest BCUT2D eigenvalue weighted by atomic mass is 10.0. The fraction of sp³-hybridized carbons (Fsp3) is 0.200. The van der Waals surface area contributed by atoms with Gasteiger partial charge in [-0.1, -0.05) is 30.3 Å². The van der Waals surface area contributed by atoms with E-state index in [9.17, 15) is 15.3 Å². The highest BCUT2D eigenvalue weighted by Crippen LogP contribution is 2.48. The maximum absolute atomic E-state index is 10.8. The van der Waals surface area contributed by atoms with Crippen LogP contribution in [0.25, 0.3) is 0 Å². The number of nitrogens with zero attached hydrogens (tertiary/aromatic N) is 1. The lowest BCUT2D eigenvalue weighted by Gasteiger charge is -2.31. The molecule has 0 atom stereocenters. The van der Waals surface area contributed by atoms with Gasteiger partial charge in [-0.3, -0.25) is 0 Å². The first kappa shape index (κ1) is 24.0. The predicted octanol–water partition coefficient (Wildman–Crippen LogP) is 7.92. The summed E-state index contributed by atoms with van der Waals surface area (Å²) < 4.78 is 6.35. The number of rotatable bonds is 5. The molecule has 180 valence electrons. The van der Waals surface area contributed by atoms with Gasteiger partial charge < -0.3 is 25.0 Å². The Morgan fingerprint density at radius 2 is 1.06 bits per heavy atom. The van der Waals surface area contributed by atoms with Crippen molar-refractivity contribution < 1.29 is 20.1 Å². The van der Waals surface area contributed by atoms with Crippen LogP contribution in [0.3, 0.4) is 0 Å². The van der Waals surface area contributed by atoms with E-state index in [1.165, 1.54) is 0 Å². The van der Waals surface area contributed by atoms with Crippen molar-refractivity contribution in [2.45, 2.75) is 41.5 Å². The van der Waals surface area contributed by atoms with Crippen molar-refractivity contribution in [2.75, 3.05) is 4.90 Å². The monoisotopic (exact) mass is 469 g/mol. The Hall–Kier alpha value is -4.12. The molecule has 0 saturated carbocycles. The highest BCUT2D eigenvalue weighted by Gasteiger charge is 2.24. The molecule has 0 aliphatic heterocycles. The van der Waals surface area contributed by atoms with Crippen molar-refractivity contribution in [3.8, 4) is 28.7 Å². The second kappa shape index (κ2) is 9.26. The summed E-state index contributed by atoms with van der Waals surface area (Å²) in [5.74, 6) is 1.40. The Morgan fingerprint density at radius 1 is 0.543 bits per heavy atom. The van der Waals surface area contributed by atoms with Gasteiger partial charge >= 0.3 is 0 Å². The largest absolute Gasteiger partial charge is 0.507 e. The van der Waals surface area contributed by atoms with Crippen LogP contribution in [-0.4, -0.2) is 15.3 Å². The van der Waals surface area contributed by atoms with Crippen LogP contribution < -0.4 is 9.64 Å². The van der Waals surface area contributed by atoms with Crippen molar-refractivity contribution in [2.24, 2.45) is 0 Å². The molecule has 3 N–H and O–H groups in total. The third kappa shape index (κ3) is 4.26. The van der Waals surface area contributed by atoms with Gasteiger partial charge in [0.25, 0.3) is 0 Å². The van der Waals surface area contributed by atoms with E-state index < -0.39 is 0 Å². The molecule has 0 radical (unpaired) electrons. The second-order valence-corrected chi connectivity index (χ2v) is 9.01. The maximum Gasteiger partial charge on any atom is 0.172 e. The summed E-state index contributed by atoms with van der Waals surface area (Å²) in [4.78, 5) is 1.97. The molecule has 0 fully saturated rings. The summed E-state index contributed by atoms with van der Waals surface area (Å²) >= 11 is 0. The van der Waals surface area contributed by atoms with Gasteiger partial charge in [0.1, 0.15) is 11.5 Å². The summed E-state index contributed by atoms with van der Waals surface area (Å²) in [5, 5.41) is 32.1. The number of anilines is 3. The normalized spacial score (nSPS) is 10.9. The second-order valence-electron chi connectivity index (χ2n) is 9.01. The molecular formula is C30H31NO4. The van der Waals surface area contributed by atoms with E-state index in [1.54, 1.807) is 6.07 Å². The van der Waals surface area contributed by atoms with Crippen LogP contribution in [0.2, 0.25) is 0 Å². The maximum atomic E-state index is 10.8. The molecule has 0 saturated heterocycles. The standard InChI is InChI=1S/C30H31NO4/c1-17-13-16-26(32)30(20(17)4)35-27-10-8-7-9-25(27)31(23-14-11-18(2)28(33)21(23)5)24-15-12-19(3)29(34)22(24)6/h7-16,32-34H,1-6H3. The smallest absolute Gasteiger partial charge is 0.172 e. The van der Waals surface area contributed by atoms with Crippen molar-refractivity contribution in [3.05, 3.63) is 94.0 Å². The van der Waals surface area contributed by atoms with E-state index in [0.717, 1.165) is 33.6 Å². The number of phenols is 3. The van der Waals surface area contributed by atoms with E-state index in [0.29, 0.717) is 28.3 Å². The number of hydrogen-bond donors (Lipinski definition) is 3. The fourth-order valence-corrected chi connectivity index (χ4v) is 4.27. The minimum Gasteiger partial charge on any atom is -0.507 e. The molecule has 4 aromatic carbocycles. The molecule has 0 amide bonds. The third-order valence-corrected chi connectivity index (χ3v) is 6.66. The van der Waals surface area contributed by atoms with Gasteiger partial charge in [-0.2, -0.15) is 0 Å². The van der Waals surface area contributed by atoms with Gasteiger partial charge in [0.2, 0.25) is 0 Å². The fourth-order valence-electron chi connectivity index (χ4n) is 4.27. The first-order valence-corrected chi connectivity index (χ1v) is 11.6. The van der Waals surface area contributed by atoms with Gasteiger partial charge in [0, 0.05) is 11.1 Å². The van der Waals surface area contributed by atoms with Crippen LogP contribution in [-0.2, 0) is 0 Å². The average molecular weight is 470 g/mol. The minimum absolute atomic E-state index is 0.0581. The van der Waals surface area contributed by atoms with E-state index in [2.05, 4.69) is 0 Å². The Morgan fingerprint density at radius 3 is 1.63 bits per heavy atom. The molecule has 0 aliphatic carbocycles. The molecular weight excluding hydrogens is 438 g/mol. The number of benzene rings is 4. The quantitative estimate of drug-likeness (QED) is 0.277. The highest BCUT2D eigenvalue weighted by molar-refractivity contribution is 5.85. The molecule has 0 bridgehead atoms. The first-order valence-electron chi connectivity index (χ1n) is 11.6. The van der Waals surface area contributed by atoms with Gasteiger partial charge in [0.05, 0.1) is 17.1 Å². The van der Waals surface area contributed by atoms with E-state index >= 15 is 0 Å². The van der Waals surface area contributed by atoms with Crippen molar-refractivity contribution in [1.29, 1.82) is 0 Å². The van der Waals surface area contributed by atoms with Crippen molar-refractivity contribution in [3.63, 3.8) is 0 Å². The molecule has 0 unspecified atom stereocenters. The molecule has 5 heteroatoms. The lowest BCUT2D eigenvalue weighted by Crippen LogP contribution is -2.14. The van der Waals surface area contributed by atoms with Crippen molar-refractivity contribution >= 4 is 17.1 Å². The molecule has 0 aromatic heterocycles. The van der Waals surface area contributed by atoms with E-state index in [-0.39, 0.29) is 17.2 Å². The highest BCUT2D eigenvalue weighted by atomic mass is 16.5. The van der Waals surface area contributed by atoms with Gasteiger partial charge in [0.15, 0.2) is 17.2 Å².